The summed E-state index contributed by atoms with van der Waals surface area (Å²) in [6.07, 6.45) is 5.26. The first kappa shape index (κ1) is 23.5. The molecule has 4 rings (SSSR count). The predicted octanol–water partition coefficient (Wildman–Crippen LogP) is 3.02. The number of rotatable bonds is 9. The molecule has 2 aromatic carbocycles. The quantitative estimate of drug-likeness (QED) is 0.493. The number of hydrogen-bond acceptors (Lipinski definition) is 6. The number of methoxy groups -OCH3 is 2. The van der Waals surface area contributed by atoms with Gasteiger partial charge in [0.15, 0.2) is 11.5 Å². The molecule has 178 valence electrons. The second kappa shape index (κ2) is 11.5. The van der Waals surface area contributed by atoms with E-state index in [4.69, 9.17) is 19.3 Å². The lowest BCUT2D eigenvalue weighted by Crippen LogP contribution is -2.41. The molecule has 1 saturated heterocycles. The second-order valence-corrected chi connectivity index (χ2v) is 7.86. The van der Waals surface area contributed by atoms with Crippen molar-refractivity contribution in [2.75, 3.05) is 53.6 Å². The van der Waals surface area contributed by atoms with Crippen LogP contribution in [0.2, 0.25) is 0 Å². The fourth-order valence-electron chi connectivity index (χ4n) is 3.82. The molecule has 3 aromatic rings. The van der Waals surface area contributed by atoms with Crippen LogP contribution in [0.4, 0.5) is 0 Å². The molecule has 1 fully saturated rings. The molecule has 1 aromatic heterocycles. The highest BCUT2D eigenvalue weighted by Crippen LogP contribution is 2.33. The van der Waals surface area contributed by atoms with E-state index in [1.54, 1.807) is 26.4 Å². The van der Waals surface area contributed by atoms with E-state index in [2.05, 4.69) is 10.2 Å². The summed E-state index contributed by atoms with van der Waals surface area (Å²) in [5.74, 6) is 1.12. The number of para-hydroxylation sites is 1. The van der Waals surface area contributed by atoms with E-state index < -0.39 is 0 Å². The van der Waals surface area contributed by atoms with Crippen molar-refractivity contribution < 1.29 is 19.0 Å². The molecule has 1 aliphatic rings. The molecule has 0 bridgehead atoms. The van der Waals surface area contributed by atoms with Crippen LogP contribution in [0.1, 0.15) is 5.56 Å². The minimum absolute atomic E-state index is 0.140. The molecule has 34 heavy (non-hydrogen) atoms. The highest BCUT2D eigenvalue weighted by Gasteiger charge is 2.14. The number of hydrogen-bond donors (Lipinski definition) is 1. The Bertz CT molecular complexity index is 1120. The number of morpholine rings is 1. The summed E-state index contributed by atoms with van der Waals surface area (Å²) in [4.78, 5) is 14.7. The molecule has 2 heterocycles. The maximum absolute atomic E-state index is 12.5. The van der Waals surface area contributed by atoms with E-state index in [0.717, 1.165) is 55.4 Å². The number of carbonyl (C=O) groups excluding carboxylic acids is 1. The Hall–Kier alpha value is -3.62. The van der Waals surface area contributed by atoms with Gasteiger partial charge in [-0.05, 0) is 36.4 Å². The number of carbonyl (C=O) groups is 1. The molecule has 0 spiro atoms. The van der Waals surface area contributed by atoms with Crippen molar-refractivity contribution in [1.82, 2.24) is 20.0 Å². The van der Waals surface area contributed by atoms with Crippen LogP contribution in [0.25, 0.3) is 23.0 Å². The van der Waals surface area contributed by atoms with Crippen LogP contribution >= 0.6 is 0 Å². The summed E-state index contributed by atoms with van der Waals surface area (Å²) in [6, 6.07) is 15.5. The van der Waals surface area contributed by atoms with Crippen molar-refractivity contribution in [3.05, 3.63) is 66.4 Å². The first-order valence-electron chi connectivity index (χ1n) is 11.3. The van der Waals surface area contributed by atoms with Gasteiger partial charge in [0.25, 0.3) is 0 Å². The maximum atomic E-state index is 12.5. The lowest BCUT2D eigenvalue weighted by Gasteiger charge is -2.26. The Kier molecular flexibility index (Phi) is 7.95. The molecule has 1 N–H and O–H groups in total. The molecule has 0 aliphatic carbocycles. The van der Waals surface area contributed by atoms with Crippen molar-refractivity contribution in [3.8, 4) is 28.4 Å². The fourth-order valence-corrected chi connectivity index (χ4v) is 3.82. The molecule has 0 unspecified atom stereocenters. The predicted molar refractivity (Wildman–Crippen MR) is 131 cm³/mol. The highest BCUT2D eigenvalue weighted by molar-refractivity contribution is 5.92. The summed E-state index contributed by atoms with van der Waals surface area (Å²) in [7, 11) is 3.21. The Morgan fingerprint density at radius 1 is 1.09 bits per heavy atom. The van der Waals surface area contributed by atoms with Gasteiger partial charge in [0.2, 0.25) is 5.91 Å². The first-order valence-corrected chi connectivity index (χ1v) is 11.3. The monoisotopic (exact) mass is 462 g/mol. The van der Waals surface area contributed by atoms with Gasteiger partial charge in [0.05, 0.1) is 33.1 Å². The Labute approximate surface area is 199 Å². The molecule has 0 saturated carbocycles. The van der Waals surface area contributed by atoms with Crippen LogP contribution in [-0.2, 0) is 9.53 Å². The van der Waals surface area contributed by atoms with Crippen LogP contribution in [-0.4, -0.2) is 74.2 Å². The molecular formula is C26H30N4O4. The topological polar surface area (TPSA) is 77.9 Å². The lowest BCUT2D eigenvalue weighted by molar-refractivity contribution is -0.116. The summed E-state index contributed by atoms with van der Waals surface area (Å²) in [5.41, 5.74) is 3.35. The van der Waals surface area contributed by atoms with E-state index in [1.807, 2.05) is 59.4 Å². The zero-order valence-corrected chi connectivity index (χ0v) is 19.6. The average Bonchev–Trinajstić information content (AvgIpc) is 3.32. The van der Waals surface area contributed by atoms with Crippen molar-refractivity contribution in [3.63, 3.8) is 0 Å². The Morgan fingerprint density at radius 3 is 2.59 bits per heavy atom. The molecule has 1 amide bonds. The minimum Gasteiger partial charge on any atom is -0.493 e. The number of ether oxygens (including phenoxy) is 3. The number of nitrogens with one attached hydrogen (secondary N) is 1. The number of amides is 1. The van der Waals surface area contributed by atoms with Gasteiger partial charge < -0.3 is 19.5 Å². The van der Waals surface area contributed by atoms with Crippen molar-refractivity contribution in [1.29, 1.82) is 0 Å². The minimum atomic E-state index is -0.140. The molecule has 1 aliphatic heterocycles. The maximum Gasteiger partial charge on any atom is 0.244 e. The van der Waals surface area contributed by atoms with Crippen molar-refractivity contribution in [2.45, 2.75) is 0 Å². The van der Waals surface area contributed by atoms with Gasteiger partial charge in [0.1, 0.15) is 5.69 Å². The first-order chi connectivity index (χ1) is 16.7. The van der Waals surface area contributed by atoms with Gasteiger partial charge in [-0.2, -0.15) is 5.10 Å². The van der Waals surface area contributed by atoms with Gasteiger partial charge >= 0.3 is 0 Å². The van der Waals surface area contributed by atoms with E-state index in [0.29, 0.717) is 18.0 Å². The molecular weight excluding hydrogens is 432 g/mol. The van der Waals surface area contributed by atoms with Crippen molar-refractivity contribution in [2.24, 2.45) is 0 Å². The van der Waals surface area contributed by atoms with Crippen LogP contribution in [0, 0.1) is 0 Å². The Morgan fingerprint density at radius 2 is 1.85 bits per heavy atom. The van der Waals surface area contributed by atoms with Gasteiger partial charge in [-0.1, -0.05) is 18.2 Å². The van der Waals surface area contributed by atoms with Crippen LogP contribution in [0.3, 0.4) is 0 Å². The van der Waals surface area contributed by atoms with Crippen molar-refractivity contribution >= 4 is 12.0 Å². The normalized spacial score (nSPS) is 14.3. The summed E-state index contributed by atoms with van der Waals surface area (Å²) >= 11 is 0. The molecule has 8 heteroatoms. The SMILES string of the molecule is COc1ccc(-c2nn(-c3ccccc3)cc2/C=C/C(=O)NCCN2CCOCC2)cc1OC. The zero-order chi connectivity index (χ0) is 23.8. The van der Waals surface area contributed by atoms with Gasteiger partial charge in [-0.3, -0.25) is 9.69 Å². The van der Waals surface area contributed by atoms with Gasteiger partial charge in [-0.25, -0.2) is 4.68 Å². The van der Waals surface area contributed by atoms with E-state index in [1.165, 1.54) is 0 Å². The number of benzene rings is 2. The van der Waals surface area contributed by atoms with E-state index >= 15 is 0 Å². The lowest BCUT2D eigenvalue weighted by atomic mass is 10.1. The summed E-state index contributed by atoms with van der Waals surface area (Å²) in [5, 5.41) is 7.76. The molecule has 0 radical (unpaired) electrons. The average molecular weight is 463 g/mol. The third-order valence-corrected chi connectivity index (χ3v) is 5.67. The fraction of sp³-hybridized carbons (Fsp3) is 0.308. The summed E-state index contributed by atoms with van der Waals surface area (Å²) in [6.45, 7) is 4.70. The van der Waals surface area contributed by atoms with E-state index in [-0.39, 0.29) is 5.91 Å². The molecule has 8 nitrogen and oxygen atoms in total. The Balaban J connectivity index is 1.54. The van der Waals surface area contributed by atoms with Crippen LogP contribution in [0.5, 0.6) is 11.5 Å². The number of nitrogens with zero attached hydrogens (tertiary/aromatic N) is 3. The number of aromatic nitrogens is 2. The molecule has 0 atom stereocenters. The van der Waals surface area contributed by atoms with Crippen LogP contribution in [0.15, 0.2) is 60.8 Å². The van der Waals surface area contributed by atoms with Gasteiger partial charge in [0, 0.05) is 49.6 Å². The third-order valence-electron chi connectivity index (χ3n) is 5.67. The van der Waals surface area contributed by atoms with E-state index in [9.17, 15) is 4.79 Å². The van der Waals surface area contributed by atoms with Crippen LogP contribution < -0.4 is 14.8 Å². The summed E-state index contributed by atoms with van der Waals surface area (Å²) < 4.78 is 18.0. The smallest absolute Gasteiger partial charge is 0.244 e. The largest absolute Gasteiger partial charge is 0.493 e. The third kappa shape index (κ3) is 5.84. The van der Waals surface area contributed by atoms with Gasteiger partial charge in [-0.15, -0.1) is 0 Å². The second-order valence-electron chi connectivity index (χ2n) is 7.86. The zero-order valence-electron chi connectivity index (χ0n) is 19.6. The highest BCUT2D eigenvalue weighted by atomic mass is 16.5. The standard InChI is InChI=1S/C26H30N4O4/c1-32-23-10-8-20(18-24(23)33-2)26-21(19-30(28-26)22-6-4-3-5-7-22)9-11-25(31)27-12-13-29-14-16-34-17-15-29/h3-11,18-19H,12-17H2,1-2H3,(H,27,31)/b11-9+.